The second-order valence-electron chi connectivity index (χ2n) is 6.13. The van der Waals surface area contributed by atoms with Gasteiger partial charge in [-0.25, -0.2) is 0 Å². The second-order valence-corrected chi connectivity index (χ2v) is 6.13. The maximum atomic E-state index is 11.8. The summed E-state index contributed by atoms with van der Waals surface area (Å²) < 4.78 is 0. The van der Waals surface area contributed by atoms with Gasteiger partial charge in [-0.1, -0.05) is 25.1 Å². The molecule has 2 heterocycles. The van der Waals surface area contributed by atoms with Crippen LogP contribution >= 0.6 is 0 Å². The van der Waals surface area contributed by atoms with E-state index in [1.54, 1.807) is 7.05 Å². The quantitative estimate of drug-likeness (QED) is 0.593. The van der Waals surface area contributed by atoms with Gasteiger partial charge in [0.15, 0.2) is 5.96 Å². The van der Waals surface area contributed by atoms with Crippen molar-refractivity contribution in [3.05, 3.63) is 36.0 Å². The number of amides is 1. The lowest BCUT2D eigenvalue weighted by molar-refractivity contribution is -0.129. The van der Waals surface area contributed by atoms with E-state index in [9.17, 15) is 4.79 Å². The molecule has 3 N–H and O–H groups in total. The van der Waals surface area contributed by atoms with Gasteiger partial charge in [-0.3, -0.25) is 9.79 Å². The molecular formula is C18H25N5O. The van der Waals surface area contributed by atoms with Crippen LogP contribution in [-0.2, 0) is 11.3 Å². The van der Waals surface area contributed by atoms with E-state index in [-0.39, 0.29) is 11.9 Å². The monoisotopic (exact) mass is 327 g/mol. The Hall–Kier alpha value is -2.50. The Morgan fingerprint density at radius 2 is 2.25 bits per heavy atom. The molecule has 24 heavy (non-hydrogen) atoms. The Balaban J connectivity index is 1.53. The first-order valence-corrected chi connectivity index (χ1v) is 8.51. The van der Waals surface area contributed by atoms with Crippen molar-refractivity contribution in [2.75, 3.05) is 20.1 Å². The zero-order chi connectivity index (χ0) is 16.9. The molecule has 0 aliphatic carbocycles. The van der Waals surface area contributed by atoms with Crippen molar-refractivity contribution >= 4 is 22.8 Å². The molecule has 2 aromatic rings. The Morgan fingerprint density at radius 1 is 1.42 bits per heavy atom. The number of nitrogens with one attached hydrogen (secondary N) is 3. The Bertz CT molecular complexity index is 703. The number of H-pyrrole nitrogens is 1. The lowest BCUT2D eigenvalue weighted by Crippen LogP contribution is -2.44. The molecule has 1 atom stereocenters. The van der Waals surface area contributed by atoms with Crippen LogP contribution in [0.1, 0.15) is 25.5 Å². The Morgan fingerprint density at radius 3 is 3.00 bits per heavy atom. The number of hydrogen-bond donors (Lipinski definition) is 3. The van der Waals surface area contributed by atoms with Gasteiger partial charge in [-0.15, -0.1) is 0 Å². The number of nitrogens with zero attached hydrogens (tertiary/aromatic N) is 2. The minimum Gasteiger partial charge on any atom is -0.357 e. The van der Waals surface area contributed by atoms with Gasteiger partial charge in [-0.05, 0) is 23.9 Å². The highest BCUT2D eigenvalue weighted by molar-refractivity contribution is 5.82. The predicted octanol–water partition coefficient (Wildman–Crippen LogP) is 1.84. The summed E-state index contributed by atoms with van der Waals surface area (Å²) in [6.45, 7) is 4.16. The molecule has 1 aromatic carbocycles. The number of fused-ring (bicyclic) bond motifs is 1. The van der Waals surface area contributed by atoms with Crippen LogP contribution < -0.4 is 10.6 Å². The van der Waals surface area contributed by atoms with E-state index in [0.717, 1.165) is 36.7 Å². The van der Waals surface area contributed by atoms with Crippen molar-refractivity contribution in [1.29, 1.82) is 0 Å². The third kappa shape index (κ3) is 3.69. The first-order valence-electron chi connectivity index (χ1n) is 8.51. The zero-order valence-electron chi connectivity index (χ0n) is 14.3. The minimum atomic E-state index is 0.223. The van der Waals surface area contributed by atoms with Crippen LogP contribution in [0.2, 0.25) is 0 Å². The van der Waals surface area contributed by atoms with E-state index in [1.807, 2.05) is 24.0 Å². The van der Waals surface area contributed by atoms with Gasteiger partial charge in [0.1, 0.15) is 0 Å². The highest BCUT2D eigenvalue weighted by Gasteiger charge is 2.25. The van der Waals surface area contributed by atoms with Crippen LogP contribution in [0.25, 0.3) is 10.9 Å². The van der Waals surface area contributed by atoms with Gasteiger partial charge in [0.05, 0.1) is 6.54 Å². The summed E-state index contributed by atoms with van der Waals surface area (Å²) in [5.74, 6) is 0.991. The van der Waals surface area contributed by atoms with Crippen molar-refractivity contribution < 1.29 is 4.79 Å². The molecule has 6 nitrogen and oxygen atoms in total. The molecule has 1 aliphatic heterocycles. The summed E-state index contributed by atoms with van der Waals surface area (Å²) in [5.41, 5.74) is 2.26. The Kier molecular flexibility index (Phi) is 5.03. The van der Waals surface area contributed by atoms with Crippen molar-refractivity contribution in [2.24, 2.45) is 4.99 Å². The fraction of sp³-hybridized carbons (Fsp3) is 0.444. The number of carbonyl (C=O) groups is 1. The van der Waals surface area contributed by atoms with Gasteiger partial charge < -0.3 is 20.5 Å². The number of aromatic amines is 1. The van der Waals surface area contributed by atoms with Crippen LogP contribution in [0.3, 0.4) is 0 Å². The van der Waals surface area contributed by atoms with Gasteiger partial charge in [-0.2, -0.15) is 0 Å². The van der Waals surface area contributed by atoms with Crippen molar-refractivity contribution in [3.63, 3.8) is 0 Å². The number of aliphatic imine (C=N–C) groups is 1. The number of para-hydroxylation sites is 1. The molecule has 0 spiro atoms. The highest BCUT2D eigenvalue weighted by Crippen LogP contribution is 2.14. The predicted molar refractivity (Wildman–Crippen MR) is 96.9 cm³/mol. The molecule has 6 heteroatoms. The summed E-state index contributed by atoms with van der Waals surface area (Å²) in [6.07, 6.45) is 1.53. The first-order chi connectivity index (χ1) is 11.7. The average molecular weight is 327 g/mol. The van der Waals surface area contributed by atoms with Crippen LogP contribution in [0.15, 0.2) is 35.3 Å². The molecule has 1 aliphatic rings. The van der Waals surface area contributed by atoms with Gasteiger partial charge in [0.25, 0.3) is 0 Å². The van der Waals surface area contributed by atoms with Crippen LogP contribution in [-0.4, -0.2) is 47.9 Å². The summed E-state index contributed by atoms with van der Waals surface area (Å²) in [4.78, 5) is 21.4. The lowest BCUT2D eigenvalue weighted by atomic mass is 10.2. The largest absolute Gasteiger partial charge is 0.357 e. The average Bonchev–Trinajstić information content (AvgIpc) is 3.24. The van der Waals surface area contributed by atoms with E-state index in [0.29, 0.717) is 13.0 Å². The molecule has 3 rings (SSSR count). The third-order valence-electron chi connectivity index (χ3n) is 4.44. The molecular weight excluding hydrogens is 302 g/mol. The molecule has 128 valence electrons. The van der Waals surface area contributed by atoms with Gasteiger partial charge in [0, 0.05) is 43.8 Å². The summed E-state index contributed by atoms with van der Waals surface area (Å²) in [7, 11) is 1.77. The molecule has 0 saturated carbocycles. The van der Waals surface area contributed by atoms with Crippen LogP contribution in [0.5, 0.6) is 0 Å². The van der Waals surface area contributed by atoms with E-state index in [1.165, 1.54) is 5.39 Å². The SMILES string of the molecule is CCC(=O)N1CCC(NC(=NC)NCc2cc3ccccc3[nH]2)C1. The number of likely N-dealkylation sites (tertiary alicyclic amines) is 1. The molecule has 1 unspecified atom stereocenters. The summed E-state index contributed by atoms with van der Waals surface area (Å²) >= 11 is 0. The summed E-state index contributed by atoms with van der Waals surface area (Å²) in [6, 6.07) is 10.6. The van der Waals surface area contributed by atoms with Crippen molar-refractivity contribution in [2.45, 2.75) is 32.4 Å². The van der Waals surface area contributed by atoms with E-state index in [4.69, 9.17) is 0 Å². The standard InChI is InChI=1S/C18H25N5O/c1-3-17(24)23-9-8-14(12-23)22-18(19-2)20-11-15-10-13-6-4-5-7-16(13)21-15/h4-7,10,14,21H,3,8-9,11-12H2,1-2H3,(H2,19,20,22). The van der Waals surface area contributed by atoms with E-state index in [2.05, 4.69) is 38.8 Å². The minimum absolute atomic E-state index is 0.223. The maximum absolute atomic E-state index is 11.8. The number of carbonyl (C=O) groups excluding carboxylic acids is 1. The normalized spacial score (nSPS) is 18.2. The smallest absolute Gasteiger partial charge is 0.222 e. The number of aromatic nitrogens is 1. The second kappa shape index (κ2) is 7.38. The number of hydrogen-bond acceptors (Lipinski definition) is 2. The van der Waals surface area contributed by atoms with E-state index < -0.39 is 0 Å². The number of guanidine groups is 1. The molecule has 1 aromatic heterocycles. The maximum Gasteiger partial charge on any atom is 0.222 e. The van der Waals surface area contributed by atoms with Crippen molar-refractivity contribution in [1.82, 2.24) is 20.5 Å². The molecule has 1 amide bonds. The van der Waals surface area contributed by atoms with Gasteiger partial charge >= 0.3 is 0 Å². The lowest BCUT2D eigenvalue weighted by Gasteiger charge is -2.18. The summed E-state index contributed by atoms with van der Waals surface area (Å²) in [5, 5.41) is 7.96. The van der Waals surface area contributed by atoms with Crippen LogP contribution in [0.4, 0.5) is 0 Å². The third-order valence-corrected chi connectivity index (χ3v) is 4.44. The topological polar surface area (TPSA) is 72.5 Å². The zero-order valence-corrected chi connectivity index (χ0v) is 14.3. The molecule has 1 fully saturated rings. The highest BCUT2D eigenvalue weighted by atomic mass is 16.2. The Labute approximate surface area is 142 Å². The fourth-order valence-corrected chi connectivity index (χ4v) is 3.12. The number of benzene rings is 1. The molecule has 0 radical (unpaired) electrons. The first kappa shape index (κ1) is 16.4. The van der Waals surface area contributed by atoms with E-state index >= 15 is 0 Å². The van der Waals surface area contributed by atoms with Gasteiger partial charge in [0.2, 0.25) is 5.91 Å². The van der Waals surface area contributed by atoms with Crippen molar-refractivity contribution in [3.8, 4) is 0 Å². The van der Waals surface area contributed by atoms with Crippen LogP contribution in [0, 0.1) is 0 Å². The number of rotatable bonds is 4. The fourth-order valence-electron chi connectivity index (χ4n) is 3.12. The molecule has 1 saturated heterocycles. The molecule has 0 bridgehead atoms.